The van der Waals surface area contributed by atoms with Gasteiger partial charge in [-0.3, -0.25) is 29.2 Å². The molecule has 9 rings (SSSR count). The average Bonchev–Trinajstić information content (AvgIpc) is 3.40. The van der Waals surface area contributed by atoms with Crippen molar-refractivity contribution in [3.8, 4) is 5.69 Å². The quantitative estimate of drug-likeness (QED) is 0.215. The summed E-state index contributed by atoms with van der Waals surface area (Å²) < 4.78 is 32.7. The topological polar surface area (TPSA) is 120 Å². The predicted octanol–water partition coefficient (Wildman–Crippen LogP) is 5.69. The lowest BCUT2D eigenvalue weighted by Gasteiger charge is -2.42. The molecule has 4 aliphatic rings. The van der Waals surface area contributed by atoms with Gasteiger partial charge in [0.1, 0.15) is 17.5 Å². The van der Waals surface area contributed by atoms with E-state index in [-0.39, 0.29) is 36.0 Å². The van der Waals surface area contributed by atoms with E-state index < -0.39 is 34.8 Å². The number of carbonyl (C=O) groups is 2. The van der Waals surface area contributed by atoms with Crippen LogP contribution in [0.5, 0.6) is 0 Å². The molecule has 2 amide bonds. The number of piperidine rings is 1. The van der Waals surface area contributed by atoms with E-state index in [1.807, 2.05) is 36.4 Å². The van der Waals surface area contributed by atoms with Gasteiger partial charge in [-0.05, 0) is 76.1 Å². The minimum atomic E-state index is -1.03. The standard InChI is InChI=1S/C43H44ClF2N9O3/c1-24-21-51(12-14-53(24)27-8-10-30-35(18-27)55-34-7-5-6-31(44)38(34)40(58)50-41(55)43(30,3)4)23-26-19-47-42(48-20-26)54-15-13-52(22-25(54)2)28-16-32(45)37(33(46)17-28)29-9-11-36(56)49-39(29)57/h5-8,10,16-20,24-25,29H,9,11-15,21-23H2,1-4H3,(H,49,56,57)/t24-,25+,29?/m1/s1. The Morgan fingerprint density at radius 2 is 1.60 bits per heavy atom. The highest BCUT2D eigenvalue weighted by Gasteiger charge is 2.40. The van der Waals surface area contributed by atoms with Crippen LogP contribution >= 0.6 is 11.6 Å². The zero-order valence-electron chi connectivity index (χ0n) is 32.8. The van der Waals surface area contributed by atoms with E-state index in [1.54, 1.807) is 6.07 Å². The Bertz CT molecular complexity index is 2520. The first-order valence-corrected chi connectivity index (χ1v) is 20.2. The van der Waals surface area contributed by atoms with E-state index >= 15 is 8.78 Å². The maximum atomic E-state index is 15.3. The van der Waals surface area contributed by atoms with E-state index in [0.717, 1.165) is 47.7 Å². The van der Waals surface area contributed by atoms with Crippen molar-refractivity contribution in [1.82, 2.24) is 29.7 Å². The van der Waals surface area contributed by atoms with Gasteiger partial charge in [0.25, 0.3) is 5.56 Å². The van der Waals surface area contributed by atoms with Gasteiger partial charge in [-0.15, -0.1) is 0 Å². The van der Waals surface area contributed by atoms with Crippen molar-refractivity contribution in [3.05, 3.63) is 110 Å². The summed E-state index contributed by atoms with van der Waals surface area (Å²) in [6, 6.07) is 14.9. The number of benzene rings is 3. The van der Waals surface area contributed by atoms with E-state index in [0.29, 0.717) is 54.0 Å². The number of aromatic nitrogens is 4. The van der Waals surface area contributed by atoms with Crippen molar-refractivity contribution in [2.24, 2.45) is 0 Å². The van der Waals surface area contributed by atoms with Crippen LogP contribution in [-0.2, 0) is 21.5 Å². The molecule has 3 aromatic carbocycles. The summed E-state index contributed by atoms with van der Waals surface area (Å²) in [5.74, 6) is -2.39. The number of fused-ring (bicyclic) bond motifs is 5. The van der Waals surface area contributed by atoms with Gasteiger partial charge in [0.05, 0.1) is 32.9 Å². The molecule has 0 saturated carbocycles. The minimum absolute atomic E-state index is 0.0384. The number of hydrogen-bond acceptors (Lipinski definition) is 10. The second-order valence-corrected chi connectivity index (χ2v) is 16.9. The molecule has 2 aromatic heterocycles. The molecule has 0 bridgehead atoms. The third-order valence-corrected chi connectivity index (χ3v) is 12.7. The number of halogens is 3. The SMILES string of the molecule is C[C@@H]1CN(Cc2cnc(N3CCN(c4cc(F)c(C5CCC(=O)NC5=O)c(F)c4)C[C@@H]3C)nc2)CCN1c1ccc2c(c1)-n1c(nc(=O)c3c(Cl)cccc31)C2(C)C. The third kappa shape index (κ3) is 6.46. The second kappa shape index (κ2) is 14.4. The number of nitrogens with one attached hydrogen (secondary N) is 1. The van der Waals surface area contributed by atoms with Gasteiger partial charge in [-0.2, -0.15) is 4.98 Å². The van der Waals surface area contributed by atoms with E-state index in [1.165, 1.54) is 12.1 Å². The maximum Gasteiger partial charge on any atom is 0.282 e. The second-order valence-electron chi connectivity index (χ2n) is 16.5. The number of hydrogen-bond donors (Lipinski definition) is 1. The van der Waals surface area contributed by atoms with Crippen molar-refractivity contribution in [2.75, 3.05) is 54.0 Å². The Morgan fingerprint density at radius 1 is 0.879 bits per heavy atom. The lowest BCUT2D eigenvalue weighted by atomic mass is 9.85. The number of piperazine rings is 2. The largest absolute Gasteiger partial charge is 0.368 e. The number of nitrogens with zero attached hydrogens (tertiary/aromatic N) is 8. The smallest absolute Gasteiger partial charge is 0.282 e. The Morgan fingerprint density at radius 3 is 2.31 bits per heavy atom. The lowest BCUT2D eigenvalue weighted by molar-refractivity contribution is -0.134. The van der Waals surface area contributed by atoms with E-state index in [9.17, 15) is 14.4 Å². The molecule has 58 heavy (non-hydrogen) atoms. The Balaban J connectivity index is 0.838. The fraction of sp³-hybridized carbons (Fsp3) is 0.395. The van der Waals surface area contributed by atoms with Gasteiger partial charge in [-0.25, -0.2) is 18.7 Å². The monoisotopic (exact) mass is 807 g/mol. The number of imide groups is 1. The summed E-state index contributed by atoms with van der Waals surface area (Å²) in [5.41, 5.74) is 4.38. The molecular weight excluding hydrogens is 764 g/mol. The molecule has 15 heteroatoms. The van der Waals surface area contributed by atoms with Crippen LogP contribution < -0.4 is 25.6 Å². The molecule has 3 saturated heterocycles. The lowest BCUT2D eigenvalue weighted by Crippen LogP contribution is -2.53. The number of amides is 2. The predicted molar refractivity (Wildman–Crippen MR) is 219 cm³/mol. The van der Waals surface area contributed by atoms with Crippen molar-refractivity contribution < 1.29 is 18.4 Å². The number of rotatable bonds is 6. The molecule has 4 aliphatic heterocycles. The summed E-state index contributed by atoms with van der Waals surface area (Å²) in [5, 5.41) is 3.01. The zero-order chi connectivity index (χ0) is 40.6. The summed E-state index contributed by atoms with van der Waals surface area (Å²) in [7, 11) is 0. The molecule has 3 fully saturated rings. The Hall–Kier alpha value is -5.47. The Labute approximate surface area is 339 Å². The molecule has 3 atom stereocenters. The van der Waals surface area contributed by atoms with Crippen LogP contribution in [0.15, 0.2) is 65.7 Å². The van der Waals surface area contributed by atoms with Gasteiger partial charge in [0.2, 0.25) is 17.8 Å². The Kier molecular flexibility index (Phi) is 9.46. The molecule has 1 unspecified atom stereocenters. The van der Waals surface area contributed by atoms with Crippen LogP contribution in [-0.4, -0.2) is 87.6 Å². The fourth-order valence-corrected chi connectivity index (χ4v) is 9.61. The molecule has 12 nitrogen and oxygen atoms in total. The summed E-state index contributed by atoms with van der Waals surface area (Å²) in [6.45, 7) is 13.3. The third-order valence-electron chi connectivity index (χ3n) is 12.4. The van der Waals surface area contributed by atoms with Crippen molar-refractivity contribution in [2.45, 2.75) is 70.5 Å². The molecule has 0 aliphatic carbocycles. The first kappa shape index (κ1) is 38.1. The minimum Gasteiger partial charge on any atom is -0.368 e. The van der Waals surface area contributed by atoms with Gasteiger partial charge < -0.3 is 14.7 Å². The molecule has 5 aromatic rings. The van der Waals surface area contributed by atoms with Crippen molar-refractivity contribution in [3.63, 3.8) is 0 Å². The molecular formula is C43H44ClF2N9O3. The van der Waals surface area contributed by atoms with Crippen LogP contribution in [0.25, 0.3) is 16.6 Å². The molecule has 1 N–H and O–H groups in total. The van der Waals surface area contributed by atoms with Gasteiger partial charge in [0, 0.05) is 99.2 Å². The molecule has 0 radical (unpaired) electrons. The fourth-order valence-electron chi connectivity index (χ4n) is 9.36. The van der Waals surface area contributed by atoms with Gasteiger partial charge >= 0.3 is 0 Å². The highest BCUT2D eigenvalue weighted by atomic mass is 35.5. The van der Waals surface area contributed by atoms with Crippen LogP contribution in [0, 0.1) is 11.6 Å². The van der Waals surface area contributed by atoms with Crippen molar-refractivity contribution in [1.29, 1.82) is 0 Å². The molecule has 6 heterocycles. The number of anilines is 3. The van der Waals surface area contributed by atoms with Crippen molar-refractivity contribution >= 4 is 51.6 Å². The summed E-state index contributed by atoms with van der Waals surface area (Å²) in [4.78, 5) is 59.8. The highest BCUT2D eigenvalue weighted by Crippen LogP contribution is 2.45. The first-order valence-electron chi connectivity index (χ1n) is 19.8. The molecule has 0 spiro atoms. The maximum absolute atomic E-state index is 15.3. The van der Waals surface area contributed by atoms with E-state index in [2.05, 4.69) is 68.5 Å². The van der Waals surface area contributed by atoms with Crippen LogP contribution in [0.3, 0.4) is 0 Å². The number of carbonyl (C=O) groups excluding carboxylic acids is 2. The zero-order valence-corrected chi connectivity index (χ0v) is 33.6. The highest BCUT2D eigenvalue weighted by molar-refractivity contribution is 6.35. The first-order chi connectivity index (χ1) is 27.8. The normalized spacial score (nSPS) is 22.0. The summed E-state index contributed by atoms with van der Waals surface area (Å²) in [6.07, 6.45) is 3.88. The van der Waals surface area contributed by atoms with E-state index in [4.69, 9.17) is 21.6 Å². The van der Waals surface area contributed by atoms with Crippen LogP contribution in [0.2, 0.25) is 5.02 Å². The average molecular weight is 808 g/mol. The summed E-state index contributed by atoms with van der Waals surface area (Å²) >= 11 is 6.50. The van der Waals surface area contributed by atoms with Gasteiger partial charge in [0.15, 0.2) is 0 Å². The van der Waals surface area contributed by atoms with Crippen LogP contribution in [0.1, 0.15) is 69.0 Å². The van der Waals surface area contributed by atoms with Crippen LogP contribution in [0.4, 0.5) is 26.1 Å². The van der Waals surface area contributed by atoms with Gasteiger partial charge in [-0.1, -0.05) is 23.7 Å². The molecule has 300 valence electrons.